The summed E-state index contributed by atoms with van der Waals surface area (Å²) in [5.41, 5.74) is 4.40. The Bertz CT molecular complexity index is 1250. The highest BCUT2D eigenvalue weighted by atomic mass is 16.5. The lowest BCUT2D eigenvalue weighted by Gasteiger charge is -2.12. The van der Waals surface area contributed by atoms with E-state index in [2.05, 4.69) is 10.6 Å². The molecule has 0 aliphatic carbocycles. The monoisotopic (exact) mass is 436 g/mol. The highest BCUT2D eigenvalue weighted by Crippen LogP contribution is 2.24. The molecule has 0 spiro atoms. The Labute approximate surface area is 193 Å². The Hall–Kier alpha value is -4.38. The molecule has 4 aromatic carbocycles. The molecule has 0 unspecified atom stereocenters. The summed E-state index contributed by atoms with van der Waals surface area (Å²) in [5.74, 6) is 0.141. The second-order valence-electron chi connectivity index (χ2n) is 7.51. The van der Waals surface area contributed by atoms with Gasteiger partial charge in [0.05, 0.1) is 12.8 Å². The third-order valence-corrected chi connectivity index (χ3v) is 5.26. The first kappa shape index (κ1) is 21.8. The van der Waals surface area contributed by atoms with Gasteiger partial charge in [-0.15, -0.1) is 0 Å². The van der Waals surface area contributed by atoms with Crippen LogP contribution < -0.4 is 15.4 Å². The molecule has 0 fully saturated rings. The van der Waals surface area contributed by atoms with Gasteiger partial charge in [-0.05, 0) is 60.0 Å². The van der Waals surface area contributed by atoms with Gasteiger partial charge in [-0.1, -0.05) is 60.7 Å². The zero-order valence-corrected chi connectivity index (χ0v) is 18.2. The number of carbonyl (C=O) groups excluding carboxylic acids is 2. The topological polar surface area (TPSA) is 67.4 Å². The molecule has 0 saturated carbocycles. The number of benzene rings is 4. The molecule has 0 heterocycles. The summed E-state index contributed by atoms with van der Waals surface area (Å²) >= 11 is 0. The first-order valence-corrected chi connectivity index (χ1v) is 10.6. The molecule has 0 bridgehead atoms. The number of amides is 2. The number of nitrogens with one attached hydrogen (secondary N) is 2. The average molecular weight is 437 g/mol. The molecular formula is C28H24N2O3. The van der Waals surface area contributed by atoms with E-state index < -0.39 is 0 Å². The quantitative estimate of drug-likeness (QED) is 0.385. The maximum absolute atomic E-state index is 13.0. The molecule has 2 amide bonds. The van der Waals surface area contributed by atoms with Gasteiger partial charge in [-0.2, -0.15) is 0 Å². The highest BCUT2D eigenvalue weighted by molar-refractivity contribution is 6.07. The zero-order valence-electron chi connectivity index (χ0n) is 18.2. The van der Waals surface area contributed by atoms with Crippen molar-refractivity contribution in [2.75, 3.05) is 17.7 Å². The van der Waals surface area contributed by atoms with Crippen LogP contribution in [0.2, 0.25) is 0 Å². The summed E-state index contributed by atoms with van der Waals surface area (Å²) in [6.45, 7) is 0. The predicted molar refractivity (Wildman–Crippen MR) is 131 cm³/mol. The van der Waals surface area contributed by atoms with E-state index in [1.807, 2.05) is 66.7 Å². The molecular weight excluding hydrogens is 412 g/mol. The average Bonchev–Trinajstić information content (AvgIpc) is 2.85. The Morgan fingerprint density at radius 2 is 1.36 bits per heavy atom. The molecule has 164 valence electrons. The number of anilines is 2. The van der Waals surface area contributed by atoms with Gasteiger partial charge in [0, 0.05) is 16.8 Å². The van der Waals surface area contributed by atoms with Crippen LogP contribution in [0.4, 0.5) is 11.4 Å². The lowest BCUT2D eigenvalue weighted by Crippen LogP contribution is -2.15. The number of rotatable bonds is 7. The van der Waals surface area contributed by atoms with Crippen LogP contribution in [0.5, 0.6) is 5.75 Å². The van der Waals surface area contributed by atoms with E-state index in [1.165, 1.54) is 0 Å². The van der Waals surface area contributed by atoms with Crippen LogP contribution >= 0.6 is 0 Å². The molecule has 0 saturated heterocycles. The van der Waals surface area contributed by atoms with Crippen LogP contribution in [0.3, 0.4) is 0 Å². The van der Waals surface area contributed by atoms with Crippen LogP contribution in [0.15, 0.2) is 103 Å². The fraction of sp³-hybridized carbons (Fsp3) is 0.0714. The van der Waals surface area contributed by atoms with Crippen LogP contribution in [-0.2, 0) is 6.42 Å². The fourth-order valence-electron chi connectivity index (χ4n) is 3.56. The second-order valence-corrected chi connectivity index (χ2v) is 7.51. The van der Waals surface area contributed by atoms with Crippen LogP contribution in [0, 0.1) is 0 Å². The Morgan fingerprint density at radius 3 is 2.12 bits per heavy atom. The molecule has 0 atom stereocenters. The Balaban J connectivity index is 1.44. The van der Waals surface area contributed by atoms with E-state index >= 15 is 0 Å². The number of ether oxygens (including phenoxy) is 1. The summed E-state index contributed by atoms with van der Waals surface area (Å²) in [6, 6.07) is 31.6. The van der Waals surface area contributed by atoms with E-state index in [1.54, 1.807) is 43.5 Å². The first-order valence-electron chi connectivity index (χ1n) is 10.6. The standard InChI is InChI=1S/C28H24N2O3/c1-33-26-14-8-7-13-25(26)30-27(31)21-15-17-23(18-16-21)29-28(32)24-12-6-5-11-22(24)19-20-9-3-2-4-10-20/h2-18H,19H2,1H3,(H,29,32)(H,30,31). The number of hydrogen-bond donors (Lipinski definition) is 2. The van der Waals surface area contributed by atoms with Crippen LogP contribution in [0.25, 0.3) is 0 Å². The van der Waals surface area contributed by atoms with Crippen molar-refractivity contribution in [2.45, 2.75) is 6.42 Å². The molecule has 4 rings (SSSR count). The molecule has 5 heteroatoms. The van der Waals surface area contributed by atoms with Crippen molar-refractivity contribution in [3.05, 3.63) is 125 Å². The van der Waals surface area contributed by atoms with E-state index in [-0.39, 0.29) is 11.8 Å². The summed E-state index contributed by atoms with van der Waals surface area (Å²) in [4.78, 5) is 25.6. The summed E-state index contributed by atoms with van der Waals surface area (Å²) in [7, 11) is 1.56. The van der Waals surface area contributed by atoms with Gasteiger partial charge in [0.2, 0.25) is 0 Å². The van der Waals surface area contributed by atoms with Crippen molar-refractivity contribution >= 4 is 23.2 Å². The van der Waals surface area contributed by atoms with E-state index in [0.29, 0.717) is 34.7 Å². The van der Waals surface area contributed by atoms with Crippen molar-refractivity contribution in [3.8, 4) is 5.75 Å². The molecule has 33 heavy (non-hydrogen) atoms. The molecule has 0 aliphatic rings. The highest BCUT2D eigenvalue weighted by Gasteiger charge is 2.13. The Kier molecular flexibility index (Phi) is 6.81. The maximum Gasteiger partial charge on any atom is 0.255 e. The van der Waals surface area contributed by atoms with E-state index in [0.717, 1.165) is 11.1 Å². The van der Waals surface area contributed by atoms with Crippen molar-refractivity contribution in [3.63, 3.8) is 0 Å². The predicted octanol–water partition coefficient (Wildman–Crippen LogP) is 5.79. The number of para-hydroxylation sites is 2. The lowest BCUT2D eigenvalue weighted by atomic mass is 9.99. The summed E-state index contributed by atoms with van der Waals surface area (Å²) in [5, 5.41) is 5.77. The third kappa shape index (κ3) is 5.46. The molecule has 2 N–H and O–H groups in total. The fourth-order valence-corrected chi connectivity index (χ4v) is 3.56. The second kappa shape index (κ2) is 10.3. The first-order chi connectivity index (χ1) is 16.1. The SMILES string of the molecule is COc1ccccc1NC(=O)c1ccc(NC(=O)c2ccccc2Cc2ccccc2)cc1. The van der Waals surface area contributed by atoms with Crippen molar-refractivity contribution < 1.29 is 14.3 Å². The van der Waals surface area contributed by atoms with Gasteiger partial charge in [0.1, 0.15) is 5.75 Å². The van der Waals surface area contributed by atoms with Crippen molar-refractivity contribution in [1.29, 1.82) is 0 Å². The largest absolute Gasteiger partial charge is 0.495 e. The van der Waals surface area contributed by atoms with Crippen molar-refractivity contribution in [1.82, 2.24) is 0 Å². The molecule has 0 radical (unpaired) electrons. The molecule has 0 aliphatic heterocycles. The summed E-state index contributed by atoms with van der Waals surface area (Å²) < 4.78 is 5.27. The number of carbonyl (C=O) groups is 2. The number of hydrogen-bond acceptors (Lipinski definition) is 3. The van der Waals surface area contributed by atoms with Crippen LogP contribution in [0.1, 0.15) is 31.8 Å². The van der Waals surface area contributed by atoms with Crippen molar-refractivity contribution in [2.24, 2.45) is 0 Å². The van der Waals surface area contributed by atoms with E-state index in [4.69, 9.17) is 4.74 Å². The third-order valence-electron chi connectivity index (χ3n) is 5.26. The van der Waals surface area contributed by atoms with Crippen LogP contribution in [-0.4, -0.2) is 18.9 Å². The van der Waals surface area contributed by atoms with Gasteiger partial charge >= 0.3 is 0 Å². The normalized spacial score (nSPS) is 10.3. The minimum Gasteiger partial charge on any atom is -0.495 e. The Morgan fingerprint density at radius 1 is 0.697 bits per heavy atom. The number of methoxy groups -OCH3 is 1. The maximum atomic E-state index is 13.0. The smallest absolute Gasteiger partial charge is 0.255 e. The van der Waals surface area contributed by atoms with Gasteiger partial charge in [-0.25, -0.2) is 0 Å². The van der Waals surface area contributed by atoms with Gasteiger partial charge in [0.15, 0.2) is 0 Å². The van der Waals surface area contributed by atoms with E-state index in [9.17, 15) is 9.59 Å². The van der Waals surface area contributed by atoms with Gasteiger partial charge < -0.3 is 15.4 Å². The minimum absolute atomic E-state index is 0.187. The lowest BCUT2D eigenvalue weighted by molar-refractivity contribution is 0.101. The van der Waals surface area contributed by atoms with Gasteiger partial charge in [0.25, 0.3) is 11.8 Å². The molecule has 4 aromatic rings. The molecule has 5 nitrogen and oxygen atoms in total. The van der Waals surface area contributed by atoms with Gasteiger partial charge in [-0.3, -0.25) is 9.59 Å². The summed E-state index contributed by atoms with van der Waals surface area (Å²) in [6.07, 6.45) is 0.673. The zero-order chi connectivity index (χ0) is 23.0. The minimum atomic E-state index is -0.259. The molecule has 0 aromatic heterocycles.